The molecular formula is C27H28O2. The summed E-state index contributed by atoms with van der Waals surface area (Å²) in [5.74, 6) is 4.75. The van der Waals surface area contributed by atoms with Crippen LogP contribution in [0.15, 0.2) is 66.7 Å². The Hall–Kier alpha value is -2.35. The van der Waals surface area contributed by atoms with Crippen LogP contribution < -0.4 is 0 Å². The molecule has 29 heavy (non-hydrogen) atoms. The first-order chi connectivity index (χ1) is 14.1. The molecule has 4 aliphatic carbocycles. The number of fused-ring (bicyclic) bond motifs is 9. The number of carbonyl (C=O) groups is 1. The molecule has 0 N–H and O–H groups in total. The van der Waals surface area contributed by atoms with Gasteiger partial charge in [-0.2, -0.15) is 0 Å². The van der Waals surface area contributed by atoms with Crippen LogP contribution in [0, 0.1) is 40.9 Å². The number of carbonyl (C=O) groups excluding carboxylic acids is 1. The molecular weight excluding hydrogens is 356 g/mol. The van der Waals surface area contributed by atoms with Crippen LogP contribution in [0.1, 0.15) is 36.5 Å². The summed E-state index contributed by atoms with van der Waals surface area (Å²) < 4.78 is 6.00. The van der Waals surface area contributed by atoms with E-state index >= 15 is 0 Å². The zero-order valence-electron chi connectivity index (χ0n) is 17.0. The Kier molecular flexibility index (Phi) is 3.82. The molecule has 0 saturated heterocycles. The van der Waals surface area contributed by atoms with Gasteiger partial charge in [0.05, 0.1) is 12.2 Å². The van der Waals surface area contributed by atoms with Gasteiger partial charge in [0.15, 0.2) is 0 Å². The standard InChI is InChI=1S/C27H28O2/c1-27(15-20-14-23(27)25-19-12-11-18(13-19)24(20)25)16-29-26(28)22-10-6-5-9-21(22)17-7-3-2-4-8-17/h2-12,18-20,23-25H,13-16H2,1H3. The molecule has 0 amide bonds. The molecule has 4 bridgehead atoms. The van der Waals surface area contributed by atoms with E-state index in [2.05, 4.69) is 19.1 Å². The van der Waals surface area contributed by atoms with Crippen LogP contribution in [-0.4, -0.2) is 12.6 Å². The molecule has 148 valence electrons. The van der Waals surface area contributed by atoms with Crippen molar-refractivity contribution < 1.29 is 9.53 Å². The van der Waals surface area contributed by atoms with Crippen molar-refractivity contribution in [2.75, 3.05) is 6.61 Å². The predicted molar refractivity (Wildman–Crippen MR) is 114 cm³/mol. The minimum absolute atomic E-state index is 0.140. The molecule has 2 nitrogen and oxygen atoms in total. The van der Waals surface area contributed by atoms with E-state index < -0.39 is 0 Å². The van der Waals surface area contributed by atoms with Crippen molar-refractivity contribution in [3.63, 3.8) is 0 Å². The highest BCUT2D eigenvalue weighted by atomic mass is 16.5. The molecule has 7 unspecified atom stereocenters. The van der Waals surface area contributed by atoms with Crippen molar-refractivity contribution in [3.8, 4) is 11.1 Å². The van der Waals surface area contributed by atoms with Gasteiger partial charge in [-0.05, 0) is 72.0 Å². The third kappa shape index (κ3) is 2.57. The van der Waals surface area contributed by atoms with Crippen molar-refractivity contribution >= 4 is 5.97 Å². The van der Waals surface area contributed by atoms with Crippen LogP contribution in [-0.2, 0) is 4.74 Å². The lowest BCUT2D eigenvalue weighted by molar-refractivity contribution is -0.00557. The van der Waals surface area contributed by atoms with E-state index in [0.29, 0.717) is 12.2 Å². The molecule has 7 atom stereocenters. The van der Waals surface area contributed by atoms with Gasteiger partial charge < -0.3 is 4.74 Å². The van der Waals surface area contributed by atoms with Gasteiger partial charge in [-0.1, -0.05) is 67.6 Å². The molecule has 0 spiro atoms. The number of benzene rings is 2. The highest BCUT2D eigenvalue weighted by Gasteiger charge is 2.64. The summed E-state index contributed by atoms with van der Waals surface area (Å²) in [6, 6.07) is 17.9. The first kappa shape index (κ1) is 17.5. The topological polar surface area (TPSA) is 26.3 Å². The van der Waals surface area contributed by atoms with Gasteiger partial charge in [-0.15, -0.1) is 0 Å². The second-order valence-electron chi connectivity index (χ2n) is 10.1. The monoisotopic (exact) mass is 384 g/mol. The van der Waals surface area contributed by atoms with Crippen LogP contribution in [0.2, 0.25) is 0 Å². The van der Waals surface area contributed by atoms with Crippen LogP contribution in [0.25, 0.3) is 11.1 Å². The number of rotatable bonds is 4. The quantitative estimate of drug-likeness (QED) is 0.367. The van der Waals surface area contributed by atoms with Crippen molar-refractivity contribution in [1.82, 2.24) is 0 Å². The normalized spacial score (nSPS) is 38.4. The summed E-state index contributed by atoms with van der Waals surface area (Å²) in [4.78, 5) is 13.1. The zero-order valence-corrected chi connectivity index (χ0v) is 17.0. The summed E-state index contributed by atoms with van der Waals surface area (Å²) in [5.41, 5.74) is 2.82. The molecule has 0 aromatic heterocycles. The molecule has 0 heterocycles. The lowest BCUT2D eigenvalue weighted by Gasteiger charge is -2.43. The number of ether oxygens (including phenoxy) is 1. The fourth-order valence-electron chi connectivity index (χ4n) is 7.49. The van der Waals surface area contributed by atoms with Gasteiger partial charge in [0, 0.05) is 5.41 Å². The first-order valence-corrected chi connectivity index (χ1v) is 11.1. The molecule has 3 saturated carbocycles. The van der Waals surface area contributed by atoms with Gasteiger partial charge in [0.2, 0.25) is 0 Å². The molecule has 4 aliphatic rings. The van der Waals surface area contributed by atoms with Crippen LogP contribution in [0.5, 0.6) is 0 Å². The van der Waals surface area contributed by atoms with E-state index in [0.717, 1.165) is 46.6 Å². The number of hydrogen-bond acceptors (Lipinski definition) is 2. The van der Waals surface area contributed by atoms with Gasteiger partial charge in [0.25, 0.3) is 0 Å². The number of esters is 1. The third-order valence-corrected chi connectivity index (χ3v) is 8.54. The zero-order chi connectivity index (χ0) is 19.6. The second-order valence-corrected chi connectivity index (χ2v) is 10.1. The van der Waals surface area contributed by atoms with E-state index in [9.17, 15) is 4.79 Å². The molecule has 0 aliphatic heterocycles. The number of allylic oxidation sites excluding steroid dienone is 2. The Bertz CT molecular complexity index is 977. The lowest BCUT2D eigenvalue weighted by Crippen LogP contribution is -2.40. The average molecular weight is 385 g/mol. The van der Waals surface area contributed by atoms with Crippen LogP contribution in [0.4, 0.5) is 0 Å². The van der Waals surface area contributed by atoms with E-state index in [1.165, 1.54) is 19.3 Å². The molecule has 0 radical (unpaired) electrons. The summed E-state index contributed by atoms with van der Waals surface area (Å²) in [6.07, 6.45) is 8.92. The smallest absolute Gasteiger partial charge is 0.338 e. The molecule has 2 heteroatoms. The third-order valence-electron chi connectivity index (χ3n) is 8.54. The van der Waals surface area contributed by atoms with Gasteiger partial charge >= 0.3 is 5.97 Å². The molecule has 6 rings (SSSR count). The maximum atomic E-state index is 13.1. The van der Waals surface area contributed by atoms with Gasteiger partial charge in [-0.25, -0.2) is 4.79 Å². The van der Waals surface area contributed by atoms with Gasteiger partial charge in [-0.3, -0.25) is 0 Å². The summed E-state index contributed by atoms with van der Waals surface area (Å²) >= 11 is 0. The van der Waals surface area contributed by atoms with E-state index in [1.54, 1.807) is 0 Å². The van der Waals surface area contributed by atoms with E-state index in [1.807, 2.05) is 54.6 Å². The van der Waals surface area contributed by atoms with Crippen LogP contribution >= 0.6 is 0 Å². The van der Waals surface area contributed by atoms with Crippen molar-refractivity contribution in [2.24, 2.45) is 40.9 Å². The Morgan fingerprint density at radius 2 is 1.69 bits per heavy atom. The maximum Gasteiger partial charge on any atom is 0.338 e. The maximum absolute atomic E-state index is 13.1. The Labute approximate surface area is 173 Å². The first-order valence-electron chi connectivity index (χ1n) is 11.1. The van der Waals surface area contributed by atoms with Crippen molar-refractivity contribution in [1.29, 1.82) is 0 Å². The minimum Gasteiger partial charge on any atom is -0.461 e. The van der Waals surface area contributed by atoms with Crippen molar-refractivity contribution in [3.05, 3.63) is 72.3 Å². The number of hydrogen-bond donors (Lipinski definition) is 0. The largest absolute Gasteiger partial charge is 0.461 e. The highest BCUT2D eigenvalue weighted by Crippen LogP contribution is 2.70. The minimum atomic E-state index is -0.183. The fourth-order valence-corrected chi connectivity index (χ4v) is 7.49. The average Bonchev–Trinajstić information content (AvgIpc) is 3.52. The van der Waals surface area contributed by atoms with Gasteiger partial charge in [0.1, 0.15) is 0 Å². The van der Waals surface area contributed by atoms with E-state index in [4.69, 9.17) is 4.74 Å². The van der Waals surface area contributed by atoms with Crippen molar-refractivity contribution in [2.45, 2.75) is 26.2 Å². The molecule has 3 fully saturated rings. The van der Waals surface area contributed by atoms with Crippen LogP contribution in [0.3, 0.4) is 0 Å². The Morgan fingerprint density at radius 3 is 2.52 bits per heavy atom. The Balaban J connectivity index is 1.20. The summed E-state index contributed by atoms with van der Waals surface area (Å²) in [6.45, 7) is 2.93. The lowest BCUT2D eigenvalue weighted by atomic mass is 9.63. The molecule has 2 aromatic rings. The highest BCUT2D eigenvalue weighted by molar-refractivity contribution is 5.97. The predicted octanol–water partition coefficient (Wildman–Crippen LogP) is 5.99. The Morgan fingerprint density at radius 1 is 0.966 bits per heavy atom. The van der Waals surface area contributed by atoms with E-state index in [-0.39, 0.29) is 11.4 Å². The fraction of sp³-hybridized carbons (Fsp3) is 0.444. The SMILES string of the molecule is CC1(COC(=O)c2ccccc2-c2ccccc2)CC2CC1C1C3C=CC(C3)C21. The second kappa shape index (κ2) is 6.32. The summed E-state index contributed by atoms with van der Waals surface area (Å²) in [7, 11) is 0. The molecule has 2 aromatic carbocycles. The summed E-state index contributed by atoms with van der Waals surface area (Å²) in [5, 5.41) is 0.